The molecule has 1 rings (SSSR count). The van der Waals surface area contributed by atoms with E-state index in [4.69, 9.17) is 38.6 Å². The van der Waals surface area contributed by atoms with Crippen LogP contribution in [-0.2, 0) is 51.1 Å². The van der Waals surface area contributed by atoms with Crippen LogP contribution in [0, 0.1) is 0 Å². The van der Waals surface area contributed by atoms with Gasteiger partial charge in [0.2, 0.25) is 0 Å². The van der Waals surface area contributed by atoms with Gasteiger partial charge in [-0.25, -0.2) is 9.59 Å². The number of aliphatic hydroxyl groups excluding tert-OH is 2. The highest BCUT2D eigenvalue weighted by atomic mass is 16.7. The van der Waals surface area contributed by atoms with Gasteiger partial charge in [0.25, 0.3) is 0 Å². The predicted molar refractivity (Wildman–Crippen MR) is 110 cm³/mol. The van der Waals surface area contributed by atoms with Gasteiger partial charge in [-0.05, 0) is 23.3 Å². The van der Waals surface area contributed by atoms with Crippen molar-refractivity contribution < 1.29 is 67.9 Å². The molecule has 0 aliphatic heterocycles. The molecule has 0 saturated carbocycles. The summed E-state index contributed by atoms with van der Waals surface area (Å²) in [5, 5.41) is 35.8. The first-order valence-electron chi connectivity index (χ1n) is 9.97. The van der Waals surface area contributed by atoms with Gasteiger partial charge in [0.05, 0.1) is 50.8 Å². The number of benzene rings is 1. The summed E-state index contributed by atoms with van der Waals surface area (Å²) in [6, 6.07) is 2.33. The second-order valence-electron chi connectivity index (χ2n) is 6.24. The normalized spacial score (nSPS) is 11.1. The number of carboxylic acids is 2. The van der Waals surface area contributed by atoms with Gasteiger partial charge in [0.15, 0.2) is 0 Å². The van der Waals surface area contributed by atoms with Crippen LogP contribution in [0.5, 0.6) is 0 Å². The zero-order valence-electron chi connectivity index (χ0n) is 18.5. The number of aromatic carboxylic acids is 2. The second-order valence-corrected chi connectivity index (χ2v) is 6.24. The van der Waals surface area contributed by atoms with Crippen molar-refractivity contribution in [1.82, 2.24) is 0 Å². The van der Waals surface area contributed by atoms with E-state index in [1.54, 1.807) is 0 Å². The average molecular weight is 494 g/mol. The lowest BCUT2D eigenvalue weighted by molar-refractivity contribution is -0.146. The fourth-order valence-electron chi connectivity index (χ4n) is 2.43. The van der Waals surface area contributed by atoms with Gasteiger partial charge in [-0.3, -0.25) is 0 Å². The zero-order valence-corrected chi connectivity index (χ0v) is 18.5. The molecule has 34 heavy (non-hydrogen) atoms. The van der Waals surface area contributed by atoms with Crippen LogP contribution in [0.3, 0.4) is 0 Å². The third-order valence-electron chi connectivity index (χ3n) is 3.92. The Labute approximate surface area is 195 Å². The van der Waals surface area contributed by atoms with Crippen LogP contribution in [0.25, 0.3) is 0 Å². The lowest BCUT2D eigenvalue weighted by Crippen LogP contribution is -2.14. The molecule has 14 heteroatoms. The largest absolute Gasteiger partial charge is 0.478 e. The summed E-state index contributed by atoms with van der Waals surface area (Å²) in [5.41, 5.74) is 0.0398. The molecule has 0 unspecified atom stereocenters. The maximum absolute atomic E-state index is 11.7. The average Bonchev–Trinajstić information content (AvgIpc) is 2.81. The first kappa shape index (κ1) is 29.8. The smallest absolute Gasteiger partial charge is 0.336 e. The van der Waals surface area contributed by atoms with E-state index in [-0.39, 0.29) is 89.1 Å². The van der Waals surface area contributed by atoms with Crippen molar-refractivity contribution in [2.75, 3.05) is 67.2 Å². The van der Waals surface area contributed by atoms with E-state index in [1.165, 1.54) is 6.07 Å². The Morgan fingerprint density at radius 2 is 1.12 bits per heavy atom. The highest BCUT2D eigenvalue weighted by molar-refractivity contribution is 5.95. The van der Waals surface area contributed by atoms with Crippen LogP contribution < -0.4 is 0 Å². The molecule has 0 fully saturated rings. The van der Waals surface area contributed by atoms with Crippen molar-refractivity contribution >= 4 is 11.9 Å². The maximum atomic E-state index is 11.7. The topological polar surface area (TPSA) is 189 Å². The minimum absolute atomic E-state index is 0.105. The van der Waals surface area contributed by atoms with Crippen LogP contribution in [0.4, 0.5) is 0 Å². The summed E-state index contributed by atoms with van der Waals surface area (Å²) in [6.45, 7) is -1.02. The molecule has 0 aliphatic rings. The van der Waals surface area contributed by atoms with Crippen LogP contribution in [0.15, 0.2) is 12.1 Å². The Bertz CT molecular complexity index is 711. The summed E-state index contributed by atoms with van der Waals surface area (Å²) >= 11 is 0. The van der Waals surface area contributed by atoms with Gasteiger partial charge in [0.1, 0.15) is 40.8 Å². The SMILES string of the molecule is O=C(O)c1cc(COCOCOCCOCO)c(COCOCOCCOCO)c(C(=O)O)c1. The maximum Gasteiger partial charge on any atom is 0.336 e. The monoisotopic (exact) mass is 494 g/mol. The van der Waals surface area contributed by atoms with Crippen molar-refractivity contribution in [3.05, 3.63) is 34.4 Å². The van der Waals surface area contributed by atoms with Gasteiger partial charge in [-0.2, -0.15) is 0 Å². The molecule has 0 aromatic heterocycles. The van der Waals surface area contributed by atoms with Gasteiger partial charge < -0.3 is 58.3 Å². The molecular weight excluding hydrogens is 464 g/mol. The minimum atomic E-state index is -1.33. The number of carboxylic acid groups (broad SMARTS) is 2. The second kappa shape index (κ2) is 19.1. The molecule has 0 spiro atoms. The molecular formula is C20H30O14. The standard InChI is InChI=1S/C20H30O14/c21-9-27-1-3-29-11-33-13-31-7-16-5-15(19(23)24)6-17(20(25)26)18(16)8-32-14-34-12-30-4-2-28-10-22/h5-6,21-22H,1-4,7-14H2,(H,23,24)(H,25,26). The predicted octanol–water partition coefficient (Wildman–Crippen LogP) is -0.0546. The van der Waals surface area contributed by atoms with Crippen LogP contribution in [0.2, 0.25) is 0 Å². The number of ether oxygens (including phenoxy) is 8. The van der Waals surface area contributed by atoms with E-state index in [1.807, 2.05) is 0 Å². The number of carbonyl (C=O) groups is 2. The van der Waals surface area contributed by atoms with Gasteiger partial charge in [0, 0.05) is 0 Å². The molecule has 1 aromatic rings. The quantitative estimate of drug-likeness (QED) is 0.124. The minimum Gasteiger partial charge on any atom is -0.478 e. The fraction of sp³-hybridized carbons (Fsp3) is 0.600. The van der Waals surface area contributed by atoms with Crippen molar-refractivity contribution in [3.63, 3.8) is 0 Å². The van der Waals surface area contributed by atoms with Gasteiger partial charge in [-0.1, -0.05) is 0 Å². The highest BCUT2D eigenvalue weighted by Crippen LogP contribution is 2.21. The Morgan fingerprint density at radius 3 is 1.62 bits per heavy atom. The van der Waals surface area contributed by atoms with Crippen LogP contribution in [0.1, 0.15) is 31.8 Å². The molecule has 194 valence electrons. The van der Waals surface area contributed by atoms with Crippen molar-refractivity contribution in [2.45, 2.75) is 13.2 Å². The Hall–Kier alpha value is -2.24. The van der Waals surface area contributed by atoms with E-state index in [0.717, 1.165) is 6.07 Å². The lowest BCUT2D eigenvalue weighted by atomic mass is 9.98. The molecule has 0 atom stereocenters. The van der Waals surface area contributed by atoms with Crippen molar-refractivity contribution in [1.29, 1.82) is 0 Å². The molecule has 1 aromatic carbocycles. The van der Waals surface area contributed by atoms with Gasteiger partial charge >= 0.3 is 11.9 Å². The molecule has 0 heterocycles. The molecule has 14 nitrogen and oxygen atoms in total. The van der Waals surface area contributed by atoms with Crippen LogP contribution in [-0.4, -0.2) is 99.5 Å². The first-order valence-corrected chi connectivity index (χ1v) is 9.97. The Kier molecular flexibility index (Phi) is 16.7. The highest BCUT2D eigenvalue weighted by Gasteiger charge is 2.19. The van der Waals surface area contributed by atoms with Gasteiger partial charge in [-0.15, -0.1) is 0 Å². The van der Waals surface area contributed by atoms with E-state index in [9.17, 15) is 19.8 Å². The fourth-order valence-corrected chi connectivity index (χ4v) is 2.43. The molecule has 0 radical (unpaired) electrons. The van der Waals surface area contributed by atoms with E-state index >= 15 is 0 Å². The van der Waals surface area contributed by atoms with Crippen LogP contribution >= 0.6 is 0 Å². The number of hydrogen-bond donors (Lipinski definition) is 4. The third-order valence-corrected chi connectivity index (χ3v) is 3.92. The van der Waals surface area contributed by atoms with E-state index in [2.05, 4.69) is 9.47 Å². The summed E-state index contributed by atoms with van der Waals surface area (Å²) in [5.74, 6) is -2.62. The molecule has 0 aliphatic carbocycles. The van der Waals surface area contributed by atoms with Crippen molar-refractivity contribution in [2.24, 2.45) is 0 Å². The number of hydrogen-bond acceptors (Lipinski definition) is 12. The first-order chi connectivity index (χ1) is 16.5. The van der Waals surface area contributed by atoms with E-state index < -0.39 is 25.5 Å². The third kappa shape index (κ3) is 12.9. The molecule has 0 amide bonds. The van der Waals surface area contributed by atoms with E-state index in [0.29, 0.717) is 0 Å². The lowest BCUT2D eigenvalue weighted by Gasteiger charge is -2.15. The Balaban J connectivity index is 2.60. The molecule has 4 N–H and O–H groups in total. The zero-order chi connectivity index (χ0) is 25.0. The molecule has 0 saturated heterocycles. The summed E-state index contributed by atoms with van der Waals surface area (Å²) < 4.78 is 40.4. The summed E-state index contributed by atoms with van der Waals surface area (Å²) in [4.78, 5) is 23.1. The van der Waals surface area contributed by atoms with Crippen molar-refractivity contribution in [3.8, 4) is 0 Å². The Morgan fingerprint density at radius 1 is 0.618 bits per heavy atom. The number of aliphatic hydroxyl groups is 2. The summed E-state index contributed by atoms with van der Waals surface area (Å²) in [6.07, 6.45) is 0. The summed E-state index contributed by atoms with van der Waals surface area (Å²) in [7, 11) is 0. The molecule has 0 bridgehead atoms. The number of rotatable bonds is 22.